The molecule has 0 aromatic heterocycles. The SMILES string of the molecule is CC1CCC(NS(=O)(=O)CC(=O)N2CCCC2C(=O)O)CC1. The minimum absolute atomic E-state index is 0.108. The summed E-state index contributed by atoms with van der Waals surface area (Å²) in [7, 11) is -3.72. The molecule has 8 heteroatoms. The molecule has 1 aliphatic carbocycles. The predicted octanol–water partition coefficient (Wildman–Crippen LogP) is 0.560. The first kappa shape index (κ1) is 17.2. The molecule has 7 nitrogen and oxygen atoms in total. The molecule has 1 atom stereocenters. The number of carboxylic acid groups (broad SMARTS) is 1. The number of carbonyl (C=O) groups excluding carboxylic acids is 1. The molecule has 2 rings (SSSR count). The van der Waals surface area contributed by atoms with Crippen molar-refractivity contribution in [3.63, 3.8) is 0 Å². The zero-order valence-corrected chi connectivity index (χ0v) is 13.6. The fourth-order valence-corrected chi connectivity index (χ4v) is 4.56. The van der Waals surface area contributed by atoms with E-state index in [2.05, 4.69) is 11.6 Å². The van der Waals surface area contributed by atoms with Gasteiger partial charge in [-0.1, -0.05) is 6.92 Å². The van der Waals surface area contributed by atoms with E-state index >= 15 is 0 Å². The Hall–Kier alpha value is -1.15. The molecule has 1 aliphatic heterocycles. The van der Waals surface area contributed by atoms with Gasteiger partial charge in [0.05, 0.1) is 0 Å². The Morgan fingerprint density at radius 3 is 2.41 bits per heavy atom. The molecule has 0 spiro atoms. The summed E-state index contributed by atoms with van der Waals surface area (Å²) in [6, 6.07) is -0.999. The number of nitrogens with zero attached hydrogens (tertiary/aromatic N) is 1. The zero-order valence-electron chi connectivity index (χ0n) is 12.8. The van der Waals surface area contributed by atoms with E-state index in [-0.39, 0.29) is 6.04 Å². The highest BCUT2D eigenvalue weighted by Gasteiger charge is 2.36. The van der Waals surface area contributed by atoms with Gasteiger partial charge in [0.1, 0.15) is 11.8 Å². The Labute approximate surface area is 131 Å². The zero-order chi connectivity index (χ0) is 16.3. The number of likely N-dealkylation sites (tertiary alicyclic amines) is 1. The Kier molecular flexibility index (Phi) is 5.44. The quantitative estimate of drug-likeness (QED) is 0.765. The van der Waals surface area contributed by atoms with Crippen LogP contribution in [0.2, 0.25) is 0 Å². The van der Waals surface area contributed by atoms with Gasteiger partial charge in [-0.2, -0.15) is 0 Å². The van der Waals surface area contributed by atoms with Gasteiger partial charge in [-0.05, 0) is 44.4 Å². The normalized spacial score (nSPS) is 29.5. The predicted molar refractivity (Wildman–Crippen MR) is 80.7 cm³/mol. The molecule has 2 N–H and O–H groups in total. The maximum Gasteiger partial charge on any atom is 0.326 e. The minimum Gasteiger partial charge on any atom is -0.480 e. The van der Waals surface area contributed by atoms with Crippen molar-refractivity contribution in [2.24, 2.45) is 5.92 Å². The van der Waals surface area contributed by atoms with Crippen molar-refractivity contribution in [2.75, 3.05) is 12.3 Å². The Balaban J connectivity index is 1.91. The van der Waals surface area contributed by atoms with Crippen LogP contribution in [0.4, 0.5) is 0 Å². The molecule has 0 bridgehead atoms. The average molecular weight is 332 g/mol. The number of carboxylic acids is 1. The highest BCUT2D eigenvalue weighted by Crippen LogP contribution is 2.24. The van der Waals surface area contributed by atoms with E-state index in [0.29, 0.717) is 25.3 Å². The monoisotopic (exact) mass is 332 g/mol. The van der Waals surface area contributed by atoms with Crippen LogP contribution in [0.1, 0.15) is 45.4 Å². The van der Waals surface area contributed by atoms with Crippen LogP contribution in [-0.4, -0.2) is 54.7 Å². The standard InChI is InChI=1S/C14H24N2O5S/c1-10-4-6-11(7-5-10)15-22(20,21)9-13(17)16-8-2-3-12(16)14(18)19/h10-12,15H,2-9H2,1H3,(H,18,19). The summed E-state index contributed by atoms with van der Waals surface area (Å²) < 4.78 is 26.8. The van der Waals surface area contributed by atoms with Gasteiger partial charge in [-0.15, -0.1) is 0 Å². The second kappa shape index (κ2) is 6.95. The first-order chi connectivity index (χ1) is 10.3. The van der Waals surface area contributed by atoms with Gasteiger partial charge < -0.3 is 10.0 Å². The summed E-state index contributed by atoms with van der Waals surface area (Å²) in [5.74, 6) is -1.75. The van der Waals surface area contributed by atoms with E-state index in [1.54, 1.807) is 0 Å². The molecule has 126 valence electrons. The van der Waals surface area contributed by atoms with Crippen molar-refractivity contribution in [3.05, 3.63) is 0 Å². The summed E-state index contributed by atoms with van der Waals surface area (Å²) in [5.41, 5.74) is 0. The summed E-state index contributed by atoms with van der Waals surface area (Å²) in [5, 5.41) is 9.06. The first-order valence-corrected chi connectivity index (χ1v) is 9.46. The molecule has 2 fully saturated rings. The van der Waals surface area contributed by atoms with E-state index in [0.717, 1.165) is 25.7 Å². The Morgan fingerprint density at radius 1 is 1.18 bits per heavy atom. The topological polar surface area (TPSA) is 104 Å². The fourth-order valence-electron chi connectivity index (χ4n) is 3.24. The third kappa shape index (κ3) is 4.42. The van der Waals surface area contributed by atoms with Crippen LogP contribution >= 0.6 is 0 Å². The van der Waals surface area contributed by atoms with Gasteiger partial charge in [0.2, 0.25) is 15.9 Å². The maximum absolute atomic E-state index is 12.1. The molecule has 1 saturated heterocycles. The van der Waals surface area contributed by atoms with E-state index < -0.39 is 33.7 Å². The fraction of sp³-hybridized carbons (Fsp3) is 0.857. The largest absolute Gasteiger partial charge is 0.480 e. The summed E-state index contributed by atoms with van der Waals surface area (Å²) in [6.45, 7) is 2.46. The van der Waals surface area contributed by atoms with E-state index in [1.807, 2.05) is 0 Å². The number of sulfonamides is 1. The van der Waals surface area contributed by atoms with Crippen molar-refractivity contribution in [1.82, 2.24) is 9.62 Å². The van der Waals surface area contributed by atoms with Crippen LogP contribution in [-0.2, 0) is 19.6 Å². The minimum atomic E-state index is -3.72. The third-order valence-corrected chi connectivity index (χ3v) is 5.85. The lowest BCUT2D eigenvalue weighted by molar-refractivity contribution is -0.147. The first-order valence-electron chi connectivity index (χ1n) is 7.81. The molecule has 0 aromatic rings. The summed E-state index contributed by atoms with van der Waals surface area (Å²) >= 11 is 0. The van der Waals surface area contributed by atoms with Gasteiger partial charge in [0.25, 0.3) is 0 Å². The number of carbonyl (C=O) groups is 2. The lowest BCUT2D eigenvalue weighted by Crippen LogP contribution is -2.46. The van der Waals surface area contributed by atoms with Crippen LogP contribution in [0.3, 0.4) is 0 Å². The van der Waals surface area contributed by atoms with Crippen LogP contribution in [0.15, 0.2) is 0 Å². The molecule has 1 heterocycles. The van der Waals surface area contributed by atoms with Gasteiger partial charge in [-0.3, -0.25) is 4.79 Å². The number of rotatable bonds is 5. The molecule has 1 amide bonds. The van der Waals surface area contributed by atoms with Crippen molar-refractivity contribution < 1.29 is 23.1 Å². The highest BCUT2D eigenvalue weighted by atomic mass is 32.2. The number of amides is 1. The molecular formula is C14H24N2O5S. The third-order valence-electron chi connectivity index (χ3n) is 4.53. The Morgan fingerprint density at radius 2 is 1.82 bits per heavy atom. The molecule has 1 unspecified atom stereocenters. The van der Waals surface area contributed by atoms with Crippen molar-refractivity contribution >= 4 is 21.9 Å². The number of aliphatic carboxylic acids is 1. The van der Waals surface area contributed by atoms with Crippen molar-refractivity contribution in [2.45, 2.75) is 57.5 Å². The van der Waals surface area contributed by atoms with Crippen LogP contribution in [0.5, 0.6) is 0 Å². The Bertz CT molecular complexity index is 525. The maximum atomic E-state index is 12.1. The smallest absolute Gasteiger partial charge is 0.326 e. The summed E-state index contributed by atoms with van der Waals surface area (Å²) in [6.07, 6.45) is 4.51. The van der Waals surface area contributed by atoms with E-state index in [4.69, 9.17) is 5.11 Å². The van der Waals surface area contributed by atoms with Crippen molar-refractivity contribution in [1.29, 1.82) is 0 Å². The van der Waals surface area contributed by atoms with Gasteiger partial charge in [-0.25, -0.2) is 17.9 Å². The lowest BCUT2D eigenvalue weighted by Gasteiger charge is -2.27. The highest BCUT2D eigenvalue weighted by molar-refractivity contribution is 7.90. The summed E-state index contributed by atoms with van der Waals surface area (Å²) in [4.78, 5) is 24.4. The molecule has 1 saturated carbocycles. The van der Waals surface area contributed by atoms with E-state index in [1.165, 1.54) is 4.90 Å². The number of hydrogen-bond donors (Lipinski definition) is 2. The number of hydrogen-bond acceptors (Lipinski definition) is 4. The van der Waals surface area contributed by atoms with E-state index in [9.17, 15) is 18.0 Å². The lowest BCUT2D eigenvalue weighted by atomic mass is 9.88. The van der Waals surface area contributed by atoms with Crippen LogP contribution in [0.25, 0.3) is 0 Å². The molecule has 0 aromatic carbocycles. The average Bonchev–Trinajstić information content (AvgIpc) is 2.90. The number of nitrogens with one attached hydrogen (secondary N) is 1. The molecular weight excluding hydrogens is 308 g/mol. The molecule has 2 aliphatic rings. The van der Waals surface area contributed by atoms with Crippen molar-refractivity contribution in [3.8, 4) is 0 Å². The second-order valence-corrected chi connectivity index (χ2v) is 8.17. The van der Waals surface area contributed by atoms with Gasteiger partial charge in [0, 0.05) is 12.6 Å². The van der Waals surface area contributed by atoms with Crippen LogP contribution in [0, 0.1) is 5.92 Å². The van der Waals surface area contributed by atoms with Crippen LogP contribution < -0.4 is 4.72 Å². The van der Waals surface area contributed by atoms with Gasteiger partial charge in [0.15, 0.2) is 0 Å². The molecule has 0 radical (unpaired) electrons. The van der Waals surface area contributed by atoms with Gasteiger partial charge >= 0.3 is 5.97 Å². The molecule has 22 heavy (non-hydrogen) atoms. The second-order valence-electron chi connectivity index (χ2n) is 6.42.